The molecule has 11 heteroatoms. The molecule has 1 amide bonds. The number of hydrogen-bond acceptors (Lipinski definition) is 7. The van der Waals surface area contributed by atoms with Gasteiger partial charge in [-0.2, -0.15) is 0 Å². The van der Waals surface area contributed by atoms with Crippen molar-refractivity contribution in [1.82, 2.24) is 4.72 Å². The van der Waals surface area contributed by atoms with E-state index < -0.39 is 31.9 Å². The summed E-state index contributed by atoms with van der Waals surface area (Å²) in [4.78, 5) is 12.1. The molecular weight excluding hydrogens is 432 g/mol. The highest BCUT2D eigenvalue weighted by molar-refractivity contribution is 7.94. The molecular formula is C19H22N2O7S2. The van der Waals surface area contributed by atoms with Crippen LogP contribution in [0, 0.1) is 5.92 Å². The van der Waals surface area contributed by atoms with Gasteiger partial charge < -0.3 is 9.47 Å². The quantitative estimate of drug-likeness (QED) is 0.673. The van der Waals surface area contributed by atoms with E-state index in [0.717, 1.165) is 6.07 Å². The molecule has 2 aromatic rings. The molecule has 0 aromatic heterocycles. The minimum absolute atomic E-state index is 0.0170. The van der Waals surface area contributed by atoms with Crippen LogP contribution in [0.1, 0.15) is 12.5 Å². The lowest BCUT2D eigenvalue weighted by molar-refractivity contribution is -0.119. The topological polar surface area (TPSA) is 119 Å². The number of ether oxygens (including phenoxy) is 2. The number of carbonyl (C=O) groups excluding carboxylic acids is 1. The highest BCUT2D eigenvalue weighted by atomic mass is 32.2. The van der Waals surface area contributed by atoms with Crippen LogP contribution in [0.5, 0.6) is 11.5 Å². The van der Waals surface area contributed by atoms with E-state index in [2.05, 4.69) is 4.72 Å². The molecule has 9 nitrogen and oxygen atoms in total. The van der Waals surface area contributed by atoms with Crippen LogP contribution in [-0.4, -0.2) is 42.7 Å². The van der Waals surface area contributed by atoms with E-state index >= 15 is 0 Å². The summed E-state index contributed by atoms with van der Waals surface area (Å²) < 4.78 is 64.2. The van der Waals surface area contributed by atoms with Crippen LogP contribution in [0.15, 0.2) is 47.4 Å². The van der Waals surface area contributed by atoms with E-state index in [-0.39, 0.29) is 28.6 Å². The first-order valence-corrected chi connectivity index (χ1v) is 12.1. The SMILES string of the molecule is COc1ccccc1CNS(=O)(=O)c1cc(N2C(=O)C(C)CS2(=O)=O)ccc1OC. The maximum atomic E-state index is 13.0. The second-order valence-electron chi connectivity index (χ2n) is 6.75. The predicted molar refractivity (Wildman–Crippen MR) is 110 cm³/mol. The third-order valence-corrected chi connectivity index (χ3v) is 7.97. The molecule has 1 saturated heterocycles. The number of para-hydroxylation sites is 1. The molecule has 2 aromatic carbocycles. The Balaban J connectivity index is 1.98. The average molecular weight is 455 g/mol. The zero-order valence-electron chi connectivity index (χ0n) is 16.7. The summed E-state index contributed by atoms with van der Waals surface area (Å²) in [7, 11) is -5.20. The van der Waals surface area contributed by atoms with Crippen molar-refractivity contribution in [3.05, 3.63) is 48.0 Å². The Morgan fingerprint density at radius 3 is 2.37 bits per heavy atom. The molecule has 0 spiro atoms. The minimum Gasteiger partial charge on any atom is -0.496 e. The van der Waals surface area contributed by atoms with Gasteiger partial charge in [0.15, 0.2) is 0 Å². The molecule has 1 atom stereocenters. The normalized spacial score (nSPS) is 18.4. The first kappa shape index (κ1) is 22.1. The number of hydrogen-bond donors (Lipinski definition) is 1. The van der Waals surface area contributed by atoms with Gasteiger partial charge in [-0.05, 0) is 24.3 Å². The maximum Gasteiger partial charge on any atom is 0.244 e. The van der Waals surface area contributed by atoms with Crippen molar-refractivity contribution in [1.29, 1.82) is 0 Å². The van der Waals surface area contributed by atoms with Gasteiger partial charge in [-0.3, -0.25) is 4.79 Å². The molecule has 0 bridgehead atoms. The maximum absolute atomic E-state index is 13.0. The van der Waals surface area contributed by atoms with Gasteiger partial charge in [0.05, 0.1) is 31.6 Å². The van der Waals surface area contributed by atoms with E-state index in [0.29, 0.717) is 15.6 Å². The summed E-state index contributed by atoms with van der Waals surface area (Å²) in [6.45, 7) is 1.45. The van der Waals surface area contributed by atoms with Crippen LogP contribution in [-0.2, 0) is 31.4 Å². The van der Waals surface area contributed by atoms with Crippen molar-refractivity contribution in [2.45, 2.75) is 18.4 Å². The molecule has 1 unspecified atom stereocenters. The molecule has 1 heterocycles. The summed E-state index contributed by atoms with van der Waals surface area (Å²) in [5.74, 6) is -1.11. The Bertz CT molecular complexity index is 1180. The van der Waals surface area contributed by atoms with Gasteiger partial charge in [0.1, 0.15) is 16.4 Å². The van der Waals surface area contributed by atoms with Gasteiger partial charge in [0.2, 0.25) is 26.0 Å². The molecule has 0 saturated carbocycles. The van der Waals surface area contributed by atoms with Crippen LogP contribution in [0.4, 0.5) is 5.69 Å². The standard InChI is InChI=1S/C19H22N2O7S2/c1-13-12-29(23,24)21(19(13)22)15-8-9-17(28-3)18(10-15)30(25,26)20-11-14-6-4-5-7-16(14)27-2/h4-10,13,20H,11-12H2,1-3H3. The number of methoxy groups -OCH3 is 2. The molecule has 1 N–H and O–H groups in total. The molecule has 0 aliphatic carbocycles. The zero-order chi connectivity index (χ0) is 22.1. The molecule has 1 fully saturated rings. The molecule has 1 aliphatic rings. The number of rotatable bonds is 7. The summed E-state index contributed by atoms with van der Waals surface area (Å²) in [6, 6.07) is 10.7. The molecule has 30 heavy (non-hydrogen) atoms. The van der Waals surface area contributed by atoms with Crippen molar-refractivity contribution >= 4 is 31.6 Å². The Morgan fingerprint density at radius 1 is 1.10 bits per heavy atom. The van der Waals surface area contributed by atoms with Crippen molar-refractivity contribution < 1.29 is 31.1 Å². The Hall–Kier alpha value is -2.63. The Labute approximate surface area is 175 Å². The third kappa shape index (κ3) is 4.13. The lowest BCUT2D eigenvalue weighted by Crippen LogP contribution is -2.31. The first-order chi connectivity index (χ1) is 14.1. The third-order valence-electron chi connectivity index (χ3n) is 4.68. The zero-order valence-corrected chi connectivity index (χ0v) is 18.3. The summed E-state index contributed by atoms with van der Waals surface area (Å²) in [6.07, 6.45) is 0. The second-order valence-corrected chi connectivity index (χ2v) is 10.4. The Kier molecular flexibility index (Phi) is 6.06. The van der Waals surface area contributed by atoms with Crippen molar-refractivity contribution in [2.75, 3.05) is 24.3 Å². The van der Waals surface area contributed by atoms with Gasteiger partial charge in [-0.25, -0.2) is 25.9 Å². The summed E-state index contributed by atoms with van der Waals surface area (Å²) in [5, 5.41) is 0. The highest BCUT2D eigenvalue weighted by Gasteiger charge is 2.42. The van der Waals surface area contributed by atoms with Gasteiger partial charge >= 0.3 is 0 Å². The van der Waals surface area contributed by atoms with Gasteiger partial charge in [-0.1, -0.05) is 25.1 Å². The fraction of sp³-hybridized carbons (Fsp3) is 0.316. The van der Waals surface area contributed by atoms with Crippen molar-refractivity contribution in [2.24, 2.45) is 5.92 Å². The van der Waals surface area contributed by atoms with Crippen molar-refractivity contribution in [3.63, 3.8) is 0 Å². The Morgan fingerprint density at radius 2 is 1.77 bits per heavy atom. The average Bonchev–Trinajstić information content (AvgIpc) is 2.92. The van der Waals surface area contributed by atoms with Gasteiger partial charge in [0, 0.05) is 12.1 Å². The van der Waals surface area contributed by atoms with Gasteiger partial charge in [-0.15, -0.1) is 0 Å². The smallest absolute Gasteiger partial charge is 0.244 e. The summed E-state index contributed by atoms with van der Waals surface area (Å²) in [5.41, 5.74) is 0.563. The molecule has 3 rings (SSSR count). The van der Waals surface area contributed by atoms with Gasteiger partial charge in [0.25, 0.3) is 0 Å². The number of anilines is 1. The number of nitrogens with zero attached hydrogens (tertiary/aromatic N) is 1. The highest BCUT2D eigenvalue weighted by Crippen LogP contribution is 2.34. The van der Waals surface area contributed by atoms with E-state index in [1.54, 1.807) is 24.3 Å². The fourth-order valence-electron chi connectivity index (χ4n) is 3.19. The fourth-order valence-corrected chi connectivity index (χ4v) is 6.19. The lowest BCUT2D eigenvalue weighted by atomic mass is 10.2. The van der Waals surface area contributed by atoms with Crippen LogP contribution in [0.25, 0.3) is 0 Å². The molecule has 0 radical (unpaired) electrons. The molecule has 162 valence electrons. The number of amides is 1. The largest absolute Gasteiger partial charge is 0.496 e. The first-order valence-electron chi connectivity index (χ1n) is 8.97. The van der Waals surface area contributed by atoms with Crippen LogP contribution < -0.4 is 18.5 Å². The number of benzene rings is 2. The number of nitrogens with one attached hydrogen (secondary N) is 1. The van der Waals surface area contributed by atoms with Crippen molar-refractivity contribution in [3.8, 4) is 11.5 Å². The van der Waals surface area contributed by atoms with E-state index in [1.165, 1.54) is 33.3 Å². The van der Waals surface area contributed by atoms with Crippen LogP contribution in [0.3, 0.4) is 0 Å². The lowest BCUT2D eigenvalue weighted by Gasteiger charge is -2.18. The van der Waals surface area contributed by atoms with E-state index in [1.807, 2.05) is 0 Å². The summed E-state index contributed by atoms with van der Waals surface area (Å²) >= 11 is 0. The number of carbonyl (C=O) groups is 1. The van der Waals surface area contributed by atoms with Crippen LogP contribution in [0.2, 0.25) is 0 Å². The number of sulfonamides is 2. The molecule has 1 aliphatic heterocycles. The van der Waals surface area contributed by atoms with E-state index in [9.17, 15) is 21.6 Å². The predicted octanol–water partition coefficient (Wildman–Crippen LogP) is 1.49. The van der Waals surface area contributed by atoms with Crippen LogP contribution >= 0.6 is 0 Å². The minimum atomic E-state index is -4.11. The monoisotopic (exact) mass is 454 g/mol. The second kappa shape index (κ2) is 8.25. The van der Waals surface area contributed by atoms with E-state index in [4.69, 9.17) is 9.47 Å².